The maximum Gasteiger partial charge on any atom is 0.212 e. The molecular weight excluding hydrogens is 443 g/mol. The first kappa shape index (κ1) is 22.0. The highest BCUT2D eigenvalue weighted by molar-refractivity contribution is 14.0. The van der Waals surface area contributed by atoms with Crippen LogP contribution in [0, 0.1) is 0 Å². The van der Waals surface area contributed by atoms with Crippen molar-refractivity contribution in [2.45, 2.75) is 20.0 Å². The summed E-state index contributed by atoms with van der Waals surface area (Å²) in [5.74, 6) is 2.33. The Bertz CT molecular complexity index is 675. The Kier molecular flexibility index (Phi) is 9.79. The van der Waals surface area contributed by atoms with Gasteiger partial charge in [-0.2, -0.15) is 0 Å². The highest BCUT2D eigenvalue weighted by Gasteiger charge is 2.07. The fourth-order valence-corrected chi connectivity index (χ4v) is 2.41. The smallest absolute Gasteiger partial charge is 0.212 e. The van der Waals surface area contributed by atoms with Crippen LogP contribution >= 0.6 is 24.0 Å². The van der Waals surface area contributed by atoms with Crippen LogP contribution in [-0.4, -0.2) is 43.7 Å². The first-order chi connectivity index (χ1) is 12.2. The van der Waals surface area contributed by atoms with E-state index in [0.29, 0.717) is 19.0 Å². The zero-order chi connectivity index (χ0) is 18.1. The van der Waals surface area contributed by atoms with E-state index < -0.39 is 0 Å². The van der Waals surface area contributed by atoms with Gasteiger partial charge in [-0.3, -0.25) is 4.99 Å². The SMILES string of the molecule is CCOc1ccc(CN(C)C(=NC)NCc2ccc(OC)nc2)cc1.I. The number of benzene rings is 1. The topological polar surface area (TPSA) is 59.0 Å². The summed E-state index contributed by atoms with van der Waals surface area (Å²) in [5, 5.41) is 3.35. The lowest BCUT2D eigenvalue weighted by Crippen LogP contribution is -2.38. The van der Waals surface area contributed by atoms with Gasteiger partial charge in [-0.25, -0.2) is 4.98 Å². The molecule has 0 saturated heterocycles. The molecule has 0 spiro atoms. The van der Waals surface area contributed by atoms with Gasteiger partial charge in [0.1, 0.15) is 5.75 Å². The van der Waals surface area contributed by atoms with Gasteiger partial charge in [0.15, 0.2) is 5.96 Å². The van der Waals surface area contributed by atoms with Crippen molar-refractivity contribution in [1.82, 2.24) is 15.2 Å². The first-order valence-corrected chi connectivity index (χ1v) is 8.28. The molecule has 0 aliphatic rings. The van der Waals surface area contributed by atoms with E-state index in [-0.39, 0.29) is 24.0 Å². The number of guanidine groups is 1. The van der Waals surface area contributed by atoms with Gasteiger partial charge in [-0.1, -0.05) is 18.2 Å². The third kappa shape index (κ3) is 6.70. The molecule has 0 atom stereocenters. The van der Waals surface area contributed by atoms with E-state index >= 15 is 0 Å². The summed E-state index contributed by atoms with van der Waals surface area (Å²) in [6.45, 7) is 4.07. The van der Waals surface area contributed by atoms with Gasteiger partial charge in [0, 0.05) is 39.4 Å². The van der Waals surface area contributed by atoms with Crippen LogP contribution in [0.15, 0.2) is 47.6 Å². The van der Waals surface area contributed by atoms with Gasteiger partial charge in [-0.15, -0.1) is 24.0 Å². The fourth-order valence-electron chi connectivity index (χ4n) is 2.41. The zero-order valence-electron chi connectivity index (χ0n) is 15.7. The molecule has 2 aromatic rings. The Morgan fingerprint density at radius 1 is 1.15 bits per heavy atom. The number of methoxy groups -OCH3 is 1. The highest BCUT2D eigenvalue weighted by Crippen LogP contribution is 2.13. The van der Waals surface area contributed by atoms with E-state index in [2.05, 4.69) is 32.3 Å². The Morgan fingerprint density at radius 3 is 2.38 bits per heavy atom. The summed E-state index contributed by atoms with van der Waals surface area (Å²) in [6, 6.07) is 12.0. The Morgan fingerprint density at radius 2 is 1.85 bits per heavy atom. The Labute approximate surface area is 172 Å². The second-order valence-corrected chi connectivity index (χ2v) is 5.54. The lowest BCUT2D eigenvalue weighted by atomic mass is 10.2. The molecule has 0 aliphatic carbocycles. The third-order valence-corrected chi connectivity index (χ3v) is 3.68. The minimum absolute atomic E-state index is 0. The van der Waals surface area contributed by atoms with Crippen molar-refractivity contribution in [1.29, 1.82) is 0 Å². The Hall–Kier alpha value is -2.03. The molecule has 2 rings (SSSR count). The number of aliphatic imine (C=N–C) groups is 1. The van der Waals surface area contributed by atoms with Crippen LogP contribution in [-0.2, 0) is 13.1 Å². The average molecular weight is 470 g/mol. The molecule has 7 heteroatoms. The second-order valence-electron chi connectivity index (χ2n) is 5.54. The van der Waals surface area contributed by atoms with Crippen LogP contribution in [0.3, 0.4) is 0 Å². The molecule has 6 nitrogen and oxygen atoms in total. The third-order valence-electron chi connectivity index (χ3n) is 3.68. The number of aromatic nitrogens is 1. The minimum atomic E-state index is 0. The van der Waals surface area contributed by atoms with Gasteiger partial charge >= 0.3 is 0 Å². The molecule has 1 heterocycles. The van der Waals surface area contributed by atoms with Crippen molar-refractivity contribution in [3.05, 3.63) is 53.7 Å². The standard InChI is InChI=1S/C19H26N4O2.HI/c1-5-25-17-9-6-15(7-10-17)14-23(3)19(20-2)22-13-16-8-11-18(24-4)21-12-16;/h6-12H,5,13-14H2,1-4H3,(H,20,22);1H. The summed E-state index contributed by atoms with van der Waals surface area (Å²) in [5.41, 5.74) is 2.26. The number of rotatable bonds is 7. The van der Waals surface area contributed by atoms with E-state index in [0.717, 1.165) is 23.8 Å². The largest absolute Gasteiger partial charge is 0.494 e. The summed E-state index contributed by atoms with van der Waals surface area (Å²) < 4.78 is 10.5. The number of pyridine rings is 1. The highest BCUT2D eigenvalue weighted by atomic mass is 127. The molecule has 1 aromatic heterocycles. The van der Waals surface area contributed by atoms with Crippen molar-refractivity contribution in [3.63, 3.8) is 0 Å². The number of ether oxygens (including phenoxy) is 2. The van der Waals surface area contributed by atoms with Gasteiger partial charge in [0.2, 0.25) is 5.88 Å². The number of hydrogen-bond acceptors (Lipinski definition) is 4. The lowest BCUT2D eigenvalue weighted by Gasteiger charge is -2.22. The molecule has 0 bridgehead atoms. The van der Waals surface area contributed by atoms with E-state index in [4.69, 9.17) is 9.47 Å². The number of nitrogens with zero attached hydrogens (tertiary/aromatic N) is 3. The van der Waals surface area contributed by atoms with E-state index in [1.165, 1.54) is 5.56 Å². The Balaban J connectivity index is 0.00000338. The molecule has 0 radical (unpaired) electrons. The molecule has 0 saturated carbocycles. The molecule has 142 valence electrons. The maximum atomic E-state index is 5.47. The molecule has 0 aliphatic heterocycles. The summed E-state index contributed by atoms with van der Waals surface area (Å²) >= 11 is 0. The van der Waals surface area contributed by atoms with E-state index in [9.17, 15) is 0 Å². The first-order valence-electron chi connectivity index (χ1n) is 8.28. The zero-order valence-corrected chi connectivity index (χ0v) is 18.1. The van der Waals surface area contributed by atoms with E-state index in [1.54, 1.807) is 20.4 Å². The molecule has 0 amide bonds. The molecule has 26 heavy (non-hydrogen) atoms. The normalized spacial score (nSPS) is 10.7. The van der Waals surface area contributed by atoms with Crippen LogP contribution < -0.4 is 14.8 Å². The van der Waals surface area contributed by atoms with Crippen molar-refractivity contribution in [2.75, 3.05) is 27.8 Å². The van der Waals surface area contributed by atoms with Crippen LogP contribution in [0.2, 0.25) is 0 Å². The van der Waals surface area contributed by atoms with Crippen molar-refractivity contribution < 1.29 is 9.47 Å². The number of hydrogen-bond donors (Lipinski definition) is 1. The van der Waals surface area contributed by atoms with Gasteiger partial charge < -0.3 is 19.7 Å². The van der Waals surface area contributed by atoms with Crippen molar-refractivity contribution in [2.24, 2.45) is 4.99 Å². The average Bonchev–Trinajstić information content (AvgIpc) is 2.64. The molecular formula is C19H27IN4O2. The number of nitrogens with one attached hydrogen (secondary N) is 1. The summed E-state index contributed by atoms with van der Waals surface area (Å²) in [6.07, 6.45) is 1.80. The summed E-state index contributed by atoms with van der Waals surface area (Å²) in [7, 11) is 5.40. The van der Waals surface area contributed by atoms with E-state index in [1.807, 2.05) is 38.2 Å². The predicted octanol–water partition coefficient (Wildman–Crippen LogP) is 3.31. The maximum absolute atomic E-state index is 5.47. The molecule has 0 fully saturated rings. The van der Waals surface area contributed by atoms with Gasteiger partial charge in [0.25, 0.3) is 0 Å². The minimum Gasteiger partial charge on any atom is -0.494 e. The lowest BCUT2D eigenvalue weighted by molar-refractivity contribution is 0.340. The summed E-state index contributed by atoms with van der Waals surface area (Å²) in [4.78, 5) is 10.6. The molecule has 1 aromatic carbocycles. The quantitative estimate of drug-likeness (QED) is 0.382. The second kappa shape index (κ2) is 11.6. The predicted molar refractivity (Wildman–Crippen MR) is 115 cm³/mol. The van der Waals surface area contributed by atoms with Gasteiger partial charge in [0.05, 0.1) is 13.7 Å². The molecule has 0 unspecified atom stereocenters. The van der Waals surface area contributed by atoms with Crippen molar-refractivity contribution in [3.8, 4) is 11.6 Å². The number of halogens is 1. The van der Waals surface area contributed by atoms with Crippen LogP contribution in [0.25, 0.3) is 0 Å². The molecule has 1 N–H and O–H groups in total. The van der Waals surface area contributed by atoms with Gasteiger partial charge in [-0.05, 0) is 30.2 Å². The van der Waals surface area contributed by atoms with Crippen LogP contribution in [0.4, 0.5) is 0 Å². The van der Waals surface area contributed by atoms with Crippen LogP contribution in [0.5, 0.6) is 11.6 Å². The fraction of sp³-hybridized carbons (Fsp3) is 0.368. The van der Waals surface area contributed by atoms with Crippen LogP contribution in [0.1, 0.15) is 18.1 Å². The monoisotopic (exact) mass is 470 g/mol. The van der Waals surface area contributed by atoms with Crippen molar-refractivity contribution >= 4 is 29.9 Å².